The fourth-order valence-corrected chi connectivity index (χ4v) is 2.33. The fraction of sp³-hybridized carbons (Fsp3) is 0.429. The summed E-state index contributed by atoms with van der Waals surface area (Å²) in [5.74, 6) is -1.41. The van der Waals surface area contributed by atoms with Gasteiger partial charge in [0, 0.05) is 19.3 Å². The molecular formula is C14H16ClNO5. The van der Waals surface area contributed by atoms with Gasteiger partial charge in [-0.1, -0.05) is 17.7 Å². The van der Waals surface area contributed by atoms with Crippen LogP contribution in [0.15, 0.2) is 18.2 Å². The molecule has 1 aliphatic rings. The van der Waals surface area contributed by atoms with E-state index in [0.717, 1.165) is 12.8 Å². The Morgan fingerprint density at radius 3 is 2.76 bits per heavy atom. The fourth-order valence-electron chi connectivity index (χ4n) is 2.09. The Hall–Kier alpha value is -1.79. The number of halogens is 1. The summed E-state index contributed by atoms with van der Waals surface area (Å²) in [6.45, 7) is 1.00. The molecule has 21 heavy (non-hydrogen) atoms. The summed E-state index contributed by atoms with van der Waals surface area (Å²) >= 11 is 5.82. The van der Waals surface area contributed by atoms with Gasteiger partial charge in [-0.15, -0.1) is 0 Å². The highest BCUT2D eigenvalue weighted by atomic mass is 35.5. The molecule has 0 radical (unpaired) electrons. The third-order valence-electron chi connectivity index (χ3n) is 3.13. The lowest BCUT2D eigenvalue weighted by molar-refractivity contribution is -0.124. The molecule has 0 aliphatic carbocycles. The summed E-state index contributed by atoms with van der Waals surface area (Å²) < 4.78 is 10.5. The number of hydrogen-bond donors (Lipinski definition) is 2. The van der Waals surface area contributed by atoms with Crippen molar-refractivity contribution in [3.63, 3.8) is 0 Å². The molecule has 1 fully saturated rings. The molecule has 0 bridgehead atoms. The normalized spacial score (nSPS) is 15.5. The van der Waals surface area contributed by atoms with Gasteiger partial charge in [0.1, 0.15) is 11.3 Å². The number of amides is 1. The molecule has 1 heterocycles. The van der Waals surface area contributed by atoms with Gasteiger partial charge in [-0.3, -0.25) is 4.79 Å². The second-order valence-electron chi connectivity index (χ2n) is 4.66. The van der Waals surface area contributed by atoms with Crippen molar-refractivity contribution in [2.75, 3.05) is 19.8 Å². The molecule has 0 atom stereocenters. The topological polar surface area (TPSA) is 84.9 Å². The molecule has 1 amide bonds. The van der Waals surface area contributed by atoms with Crippen LogP contribution in [-0.4, -0.2) is 42.8 Å². The molecule has 7 heteroatoms. The predicted octanol–water partition coefficient (Wildman–Crippen LogP) is 1.71. The molecule has 114 valence electrons. The van der Waals surface area contributed by atoms with Gasteiger partial charge in [-0.05, 0) is 25.0 Å². The van der Waals surface area contributed by atoms with Crippen LogP contribution in [0.3, 0.4) is 0 Å². The average Bonchev–Trinajstić information content (AvgIpc) is 2.45. The van der Waals surface area contributed by atoms with E-state index in [0.29, 0.717) is 13.2 Å². The Labute approximate surface area is 127 Å². The van der Waals surface area contributed by atoms with Crippen molar-refractivity contribution < 1.29 is 24.2 Å². The number of benzene rings is 1. The molecule has 1 saturated heterocycles. The van der Waals surface area contributed by atoms with Crippen molar-refractivity contribution in [2.24, 2.45) is 0 Å². The van der Waals surface area contributed by atoms with Crippen molar-refractivity contribution in [3.8, 4) is 5.75 Å². The highest BCUT2D eigenvalue weighted by Gasteiger charge is 2.19. The average molecular weight is 314 g/mol. The maximum Gasteiger partial charge on any atom is 0.341 e. The van der Waals surface area contributed by atoms with E-state index in [1.165, 1.54) is 12.1 Å². The third kappa shape index (κ3) is 4.34. The number of aromatic carboxylic acids is 1. The number of hydrogen-bond acceptors (Lipinski definition) is 4. The van der Waals surface area contributed by atoms with Crippen molar-refractivity contribution in [1.29, 1.82) is 0 Å². The van der Waals surface area contributed by atoms with Crippen LogP contribution >= 0.6 is 11.6 Å². The maximum atomic E-state index is 11.8. The lowest BCUT2D eigenvalue weighted by atomic mass is 10.1. The van der Waals surface area contributed by atoms with E-state index in [9.17, 15) is 9.59 Å². The summed E-state index contributed by atoms with van der Waals surface area (Å²) in [7, 11) is 0. The lowest BCUT2D eigenvalue weighted by Gasteiger charge is -2.23. The first-order valence-electron chi connectivity index (χ1n) is 6.59. The molecule has 2 rings (SSSR count). The Morgan fingerprint density at radius 2 is 2.10 bits per heavy atom. The Balaban J connectivity index is 1.92. The lowest BCUT2D eigenvalue weighted by Crippen LogP contribution is -2.41. The van der Waals surface area contributed by atoms with Crippen molar-refractivity contribution in [2.45, 2.75) is 18.9 Å². The Morgan fingerprint density at radius 1 is 1.38 bits per heavy atom. The van der Waals surface area contributed by atoms with E-state index in [1.54, 1.807) is 6.07 Å². The minimum atomic E-state index is -1.19. The smallest absolute Gasteiger partial charge is 0.341 e. The van der Waals surface area contributed by atoms with Gasteiger partial charge in [0.25, 0.3) is 5.91 Å². The molecule has 1 aliphatic heterocycles. The molecule has 6 nitrogen and oxygen atoms in total. The SMILES string of the molecule is O=C(COc1cccc(Cl)c1C(=O)O)NC1CCOCC1. The van der Waals surface area contributed by atoms with Crippen LogP contribution in [0.25, 0.3) is 0 Å². The minimum Gasteiger partial charge on any atom is -0.483 e. The Kier molecular flexibility index (Phi) is 5.41. The van der Waals surface area contributed by atoms with E-state index < -0.39 is 5.97 Å². The zero-order valence-corrected chi connectivity index (χ0v) is 12.1. The summed E-state index contributed by atoms with van der Waals surface area (Å²) in [6.07, 6.45) is 1.53. The number of carboxylic acids is 1. The van der Waals surface area contributed by atoms with Crippen LogP contribution in [0.2, 0.25) is 5.02 Å². The molecular weight excluding hydrogens is 298 g/mol. The third-order valence-corrected chi connectivity index (χ3v) is 3.45. The van der Waals surface area contributed by atoms with E-state index in [4.69, 9.17) is 26.2 Å². The standard InChI is InChI=1S/C14H16ClNO5/c15-10-2-1-3-11(13(10)14(18)19)21-8-12(17)16-9-4-6-20-7-5-9/h1-3,9H,4-8H2,(H,16,17)(H,18,19). The second-order valence-corrected chi connectivity index (χ2v) is 5.07. The van der Waals surface area contributed by atoms with Crippen LogP contribution in [0.1, 0.15) is 23.2 Å². The summed E-state index contributed by atoms with van der Waals surface area (Å²) in [5.41, 5.74) is -0.141. The first-order valence-corrected chi connectivity index (χ1v) is 6.97. The summed E-state index contributed by atoms with van der Waals surface area (Å²) in [5, 5.41) is 12.0. The molecule has 2 N–H and O–H groups in total. The van der Waals surface area contributed by atoms with Crippen molar-refractivity contribution in [1.82, 2.24) is 5.32 Å². The van der Waals surface area contributed by atoms with E-state index in [-0.39, 0.29) is 34.9 Å². The number of rotatable bonds is 5. The number of carboxylic acid groups (broad SMARTS) is 1. The van der Waals surface area contributed by atoms with Crippen molar-refractivity contribution >= 4 is 23.5 Å². The first kappa shape index (κ1) is 15.6. The summed E-state index contributed by atoms with van der Waals surface area (Å²) in [6, 6.07) is 4.57. The largest absolute Gasteiger partial charge is 0.483 e. The second kappa shape index (κ2) is 7.28. The van der Waals surface area contributed by atoms with Crippen LogP contribution < -0.4 is 10.1 Å². The zero-order chi connectivity index (χ0) is 15.2. The van der Waals surface area contributed by atoms with E-state index in [1.807, 2.05) is 0 Å². The number of nitrogens with one attached hydrogen (secondary N) is 1. The first-order chi connectivity index (χ1) is 10.1. The van der Waals surface area contributed by atoms with Crippen LogP contribution in [0, 0.1) is 0 Å². The molecule has 1 aromatic carbocycles. The highest BCUT2D eigenvalue weighted by molar-refractivity contribution is 6.33. The van der Waals surface area contributed by atoms with Gasteiger partial charge in [0.15, 0.2) is 6.61 Å². The van der Waals surface area contributed by atoms with E-state index in [2.05, 4.69) is 5.32 Å². The van der Waals surface area contributed by atoms with Crippen LogP contribution in [0.5, 0.6) is 5.75 Å². The molecule has 1 aromatic rings. The maximum absolute atomic E-state index is 11.8. The van der Waals surface area contributed by atoms with Gasteiger partial charge in [0.05, 0.1) is 5.02 Å². The minimum absolute atomic E-state index is 0.0739. The van der Waals surface area contributed by atoms with Crippen molar-refractivity contribution in [3.05, 3.63) is 28.8 Å². The van der Waals surface area contributed by atoms with E-state index >= 15 is 0 Å². The van der Waals surface area contributed by atoms with Crippen LogP contribution in [-0.2, 0) is 9.53 Å². The quantitative estimate of drug-likeness (QED) is 0.864. The summed E-state index contributed by atoms with van der Waals surface area (Å²) in [4.78, 5) is 22.9. The number of carbonyl (C=O) groups is 2. The van der Waals surface area contributed by atoms with Crippen LogP contribution in [0.4, 0.5) is 0 Å². The zero-order valence-electron chi connectivity index (χ0n) is 11.3. The van der Waals surface area contributed by atoms with Gasteiger partial charge in [-0.25, -0.2) is 4.79 Å². The van der Waals surface area contributed by atoms with Gasteiger partial charge < -0.3 is 19.9 Å². The Bertz CT molecular complexity index is 528. The number of ether oxygens (including phenoxy) is 2. The molecule has 0 unspecified atom stereocenters. The molecule has 0 aromatic heterocycles. The van der Waals surface area contributed by atoms with Gasteiger partial charge in [-0.2, -0.15) is 0 Å². The van der Waals surface area contributed by atoms with Gasteiger partial charge >= 0.3 is 5.97 Å². The highest BCUT2D eigenvalue weighted by Crippen LogP contribution is 2.26. The monoisotopic (exact) mass is 313 g/mol. The number of carbonyl (C=O) groups excluding carboxylic acids is 1. The van der Waals surface area contributed by atoms with Gasteiger partial charge in [0.2, 0.25) is 0 Å². The molecule has 0 saturated carbocycles. The predicted molar refractivity (Wildman–Crippen MR) is 75.9 cm³/mol. The molecule has 0 spiro atoms.